The predicted molar refractivity (Wildman–Crippen MR) is 71.9 cm³/mol. The molecule has 1 fully saturated rings. The fourth-order valence-corrected chi connectivity index (χ4v) is 2.60. The number of nitrogens with zero attached hydrogens (tertiary/aromatic N) is 1. The smallest absolute Gasteiger partial charge is 0.227 e. The van der Waals surface area contributed by atoms with E-state index in [2.05, 4.69) is 21.2 Å². The molecule has 1 heterocycles. The van der Waals surface area contributed by atoms with Crippen LogP contribution < -0.4 is 5.32 Å². The minimum absolute atomic E-state index is 0.223. The van der Waals surface area contributed by atoms with Gasteiger partial charge < -0.3 is 10.2 Å². The Morgan fingerprint density at radius 2 is 2.41 bits per heavy atom. The van der Waals surface area contributed by atoms with Crippen LogP contribution in [0.1, 0.15) is 12.0 Å². The van der Waals surface area contributed by atoms with Gasteiger partial charge in [-0.15, -0.1) is 0 Å². The molecule has 0 aromatic heterocycles. The zero-order valence-electron chi connectivity index (χ0n) is 9.95. The molecule has 92 valence electrons. The highest BCUT2D eigenvalue weighted by Gasteiger charge is 2.24. The molecule has 1 aliphatic rings. The molecule has 0 aliphatic carbocycles. The molecule has 1 aromatic rings. The Morgan fingerprint density at radius 3 is 3.06 bits per heavy atom. The maximum Gasteiger partial charge on any atom is 0.227 e. The van der Waals surface area contributed by atoms with Gasteiger partial charge in [0.15, 0.2) is 0 Å². The Labute approximate surface area is 110 Å². The molecule has 0 bridgehead atoms. The normalized spacial score (nSPS) is 19.6. The number of likely N-dealkylation sites (N-methyl/N-ethyl adjacent to an activating group) is 1. The molecular formula is C13H17BrN2O. The van der Waals surface area contributed by atoms with Gasteiger partial charge in [-0.3, -0.25) is 4.79 Å². The number of likely N-dealkylation sites (tertiary alicyclic amines) is 1. The fourth-order valence-electron chi connectivity index (χ4n) is 2.16. The van der Waals surface area contributed by atoms with Gasteiger partial charge in [-0.2, -0.15) is 0 Å². The molecule has 0 saturated carbocycles. The van der Waals surface area contributed by atoms with Crippen LogP contribution in [0, 0.1) is 0 Å². The zero-order valence-corrected chi connectivity index (χ0v) is 11.5. The van der Waals surface area contributed by atoms with Crippen molar-refractivity contribution in [3.63, 3.8) is 0 Å². The van der Waals surface area contributed by atoms with E-state index >= 15 is 0 Å². The van der Waals surface area contributed by atoms with E-state index in [1.807, 2.05) is 36.2 Å². The molecule has 1 amide bonds. The molecular weight excluding hydrogens is 280 g/mol. The Balaban J connectivity index is 1.93. The maximum absolute atomic E-state index is 12.1. The van der Waals surface area contributed by atoms with E-state index < -0.39 is 0 Å². The summed E-state index contributed by atoms with van der Waals surface area (Å²) in [4.78, 5) is 14.0. The largest absolute Gasteiger partial charge is 0.341 e. The Kier molecular flexibility index (Phi) is 4.18. The first-order valence-electron chi connectivity index (χ1n) is 5.88. The summed E-state index contributed by atoms with van der Waals surface area (Å²) in [5.74, 6) is 0.223. The summed E-state index contributed by atoms with van der Waals surface area (Å²) in [5, 5.41) is 3.22. The van der Waals surface area contributed by atoms with Crippen molar-refractivity contribution >= 4 is 21.8 Å². The van der Waals surface area contributed by atoms with Crippen LogP contribution in [0.5, 0.6) is 0 Å². The second-order valence-electron chi connectivity index (χ2n) is 4.42. The summed E-state index contributed by atoms with van der Waals surface area (Å²) in [6, 6.07) is 8.40. The number of carbonyl (C=O) groups excluding carboxylic acids is 1. The molecule has 4 heteroatoms. The molecule has 1 saturated heterocycles. The highest BCUT2D eigenvalue weighted by molar-refractivity contribution is 9.10. The van der Waals surface area contributed by atoms with Gasteiger partial charge in [0.2, 0.25) is 5.91 Å². The van der Waals surface area contributed by atoms with Crippen LogP contribution in [0.2, 0.25) is 0 Å². The molecule has 1 unspecified atom stereocenters. The van der Waals surface area contributed by atoms with Gasteiger partial charge in [0.25, 0.3) is 0 Å². The van der Waals surface area contributed by atoms with Crippen LogP contribution in [0.4, 0.5) is 0 Å². The fraction of sp³-hybridized carbons (Fsp3) is 0.462. The van der Waals surface area contributed by atoms with Crippen LogP contribution in [0.3, 0.4) is 0 Å². The Morgan fingerprint density at radius 1 is 1.59 bits per heavy atom. The number of amides is 1. The van der Waals surface area contributed by atoms with Crippen LogP contribution in [-0.4, -0.2) is 37.0 Å². The van der Waals surface area contributed by atoms with E-state index in [1.165, 1.54) is 0 Å². The Bertz CT molecular complexity index is 408. The first-order valence-corrected chi connectivity index (χ1v) is 6.68. The van der Waals surface area contributed by atoms with Crippen molar-refractivity contribution < 1.29 is 4.79 Å². The third-order valence-corrected chi connectivity index (χ3v) is 3.69. The highest BCUT2D eigenvalue weighted by atomic mass is 79.9. The summed E-state index contributed by atoms with van der Waals surface area (Å²) >= 11 is 3.42. The van der Waals surface area contributed by atoms with Gasteiger partial charge in [-0.05, 0) is 31.2 Å². The topological polar surface area (TPSA) is 32.3 Å². The minimum atomic E-state index is 0.223. The molecule has 2 rings (SSSR count). The molecule has 0 radical (unpaired) electrons. The summed E-state index contributed by atoms with van der Waals surface area (Å²) in [7, 11) is 1.95. The van der Waals surface area contributed by atoms with Crippen molar-refractivity contribution in [2.75, 3.05) is 20.1 Å². The highest BCUT2D eigenvalue weighted by Crippen LogP contribution is 2.15. The van der Waals surface area contributed by atoms with E-state index in [1.54, 1.807) is 0 Å². The van der Waals surface area contributed by atoms with E-state index in [0.717, 1.165) is 29.5 Å². The van der Waals surface area contributed by atoms with Crippen LogP contribution >= 0.6 is 15.9 Å². The standard InChI is InChI=1S/C13H17BrN2O/c1-15-12-5-6-16(9-12)13(17)8-10-3-2-4-11(14)7-10/h2-4,7,12,15H,5-6,8-9H2,1H3. The monoisotopic (exact) mass is 296 g/mol. The molecule has 1 aliphatic heterocycles. The summed E-state index contributed by atoms with van der Waals surface area (Å²) in [5.41, 5.74) is 1.07. The lowest BCUT2D eigenvalue weighted by atomic mass is 10.1. The molecule has 1 N–H and O–H groups in total. The van der Waals surface area contributed by atoms with Gasteiger partial charge in [-0.25, -0.2) is 0 Å². The first kappa shape index (κ1) is 12.6. The van der Waals surface area contributed by atoms with E-state index in [4.69, 9.17) is 0 Å². The van der Waals surface area contributed by atoms with Gasteiger partial charge in [0.05, 0.1) is 6.42 Å². The number of benzene rings is 1. The quantitative estimate of drug-likeness (QED) is 0.923. The van der Waals surface area contributed by atoms with Crippen molar-refractivity contribution in [3.05, 3.63) is 34.3 Å². The average molecular weight is 297 g/mol. The summed E-state index contributed by atoms with van der Waals surface area (Å²) in [6.45, 7) is 1.71. The lowest BCUT2D eigenvalue weighted by Crippen LogP contribution is -2.34. The molecule has 1 aromatic carbocycles. The van der Waals surface area contributed by atoms with Crippen molar-refractivity contribution in [1.29, 1.82) is 0 Å². The van der Waals surface area contributed by atoms with E-state index in [0.29, 0.717) is 12.5 Å². The molecule has 0 spiro atoms. The van der Waals surface area contributed by atoms with Gasteiger partial charge >= 0.3 is 0 Å². The third-order valence-electron chi connectivity index (χ3n) is 3.19. The van der Waals surface area contributed by atoms with Gasteiger partial charge in [-0.1, -0.05) is 28.1 Å². The van der Waals surface area contributed by atoms with Crippen molar-refractivity contribution in [2.24, 2.45) is 0 Å². The zero-order chi connectivity index (χ0) is 12.3. The predicted octanol–water partition coefficient (Wildman–Crippen LogP) is 1.81. The lowest BCUT2D eigenvalue weighted by molar-refractivity contribution is -0.129. The number of halogens is 1. The van der Waals surface area contributed by atoms with Gasteiger partial charge in [0.1, 0.15) is 0 Å². The SMILES string of the molecule is CNC1CCN(C(=O)Cc2cccc(Br)c2)C1. The van der Waals surface area contributed by atoms with Crippen molar-refractivity contribution in [1.82, 2.24) is 10.2 Å². The number of nitrogens with one attached hydrogen (secondary N) is 1. The molecule has 1 atom stereocenters. The van der Waals surface area contributed by atoms with Crippen molar-refractivity contribution in [2.45, 2.75) is 18.9 Å². The second-order valence-corrected chi connectivity index (χ2v) is 5.34. The number of carbonyl (C=O) groups is 1. The number of hydrogen-bond donors (Lipinski definition) is 1. The summed E-state index contributed by atoms with van der Waals surface area (Å²) < 4.78 is 1.03. The minimum Gasteiger partial charge on any atom is -0.341 e. The molecule has 3 nitrogen and oxygen atoms in total. The average Bonchev–Trinajstić information content (AvgIpc) is 2.77. The lowest BCUT2D eigenvalue weighted by Gasteiger charge is -2.16. The molecule has 17 heavy (non-hydrogen) atoms. The number of hydrogen-bond acceptors (Lipinski definition) is 2. The van der Waals surface area contributed by atoms with Crippen molar-refractivity contribution in [3.8, 4) is 0 Å². The third kappa shape index (κ3) is 3.30. The van der Waals surface area contributed by atoms with Crippen LogP contribution in [0.15, 0.2) is 28.7 Å². The van der Waals surface area contributed by atoms with Crippen LogP contribution in [0.25, 0.3) is 0 Å². The second kappa shape index (κ2) is 5.65. The van der Waals surface area contributed by atoms with Crippen LogP contribution in [-0.2, 0) is 11.2 Å². The first-order chi connectivity index (χ1) is 8.19. The summed E-state index contributed by atoms with van der Waals surface area (Å²) in [6.07, 6.45) is 1.55. The van der Waals surface area contributed by atoms with E-state index in [-0.39, 0.29) is 5.91 Å². The van der Waals surface area contributed by atoms with E-state index in [9.17, 15) is 4.79 Å². The number of rotatable bonds is 3. The Hall–Kier alpha value is -0.870. The maximum atomic E-state index is 12.1. The van der Waals surface area contributed by atoms with Gasteiger partial charge in [0, 0.05) is 23.6 Å².